The fourth-order valence-corrected chi connectivity index (χ4v) is 2.76. The minimum atomic E-state index is -5.08. The molecule has 1 fully saturated rings. The number of carboxylic acids is 1. The molecule has 3 heterocycles. The second kappa shape index (κ2) is 8.00. The number of aliphatic carboxylic acids is 1. The minimum absolute atomic E-state index is 0.0603. The Morgan fingerprint density at radius 1 is 1.46 bits per heavy atom. The quantitative estimate of drug-likeness (QED) is 0.721. The Balaban J connectivity index is 0.000000298. The summed E-state index contributed by atoms with van der Waals surface area (Å²) in [5, 5.41) is 11.3. The molecule has 7 nitrogen and oxygen atoms in total. The molecule has 1 aliphatic heterocycles. The van der Waals surface area contributed by atoms with E-state index in [1.54, 1.807) is 23.9 Å². The average molecular weight is 393 g/mol. The van der Waals surface area contributed by atoms with Crippen LogP contribution in [-0.4, -0.2) is 44.9 Å². The molecule has 1 saturated heterocycles. The van der Waals surface area contributed by atoms with Crippen LogP contribution in [-0.2, 0) is 11.8 Å². The second-order valence-electron chi connectivity index (χ2n) is 5.70. The molecule has 142 valence electrons. The topological polar surface area (TPSA) is 97.1 Å². The van der Waals surface area contributed by atoms with Crippen molar-refractivity contribution in [2.24, 2.45) is 7.05 Å². The van der Waals surface area contributed by atoms with Crippen molar-refractivity contribution in [1.29, 1.82) is 0 Å². The normalized spacial score (nSPS) is 17.5. The van der Waals surface area contributed by atoms with Crippen LogP contribution in [0, 0.1) is 0 Å². The Labute approximate surface area is 150 Å². The Morgan fingerprint density at radius 3 is 2.65 bits per heavy atom. The van der Waals surface area contributed by atoms with Crippen molar-refractivity contribution in [3.63, 3.8) is 0 Å². The van der Waals surface area contributed by atoms with Gasteiger partial charge in [-0.2, -0.15) is 13.2 Å². The average Bonchev–Trinajstić information content (AvgIpc) is 2.59. The van der Waals surface area contributed by atoms with Gasteiger partial charge in [0, 0.05) is 19.5 Å². The summed E-state index contributed by atoms with van der Waals surface area (Å²) in [5.41, 5.74) is 0.558. The summed E-state index contributed by atoms with van der Waals surface area (Å²) in [7, 11) is 1.77. The number of halogens is 4. The van der Waals surface area contributed by atoms with Crippen LogP contribution in [0.4, 0.5) is 13.2 Å². The van der Waals surface area contributed by atoms with Crippen LogP contribution in [0.15, 0.2) is 17.1 Å². The van der Waals surface area contributed by atoms with E-state index in [1.807, 2.05) is 0 Å². The van der Waals surface area contributed by atoms with Crippen LogP contribution in [0.25, 0.3) is 10.9 Å². The fraction of sp³-hybridized carbons (Fsp3) is 0.467. The van der Waals surface area contributed by atoms with Gasteiger partial charge in [-0.15, -0.1) is 0 Å². The molecule has 0 unspecified atom stereocenters. The van der Waals surface area contributed by atoms with E-state index in [4.69, 9.17) is 21.5 Å². The van der Waals surface area contributed by atoms with Gasteiger partial charge in [-0.1, -0.05) is 11.6 Å². The fourth-order valence-electron chi connectivity index (χ4n) is 2.60. The Bertz CT molecular complexity index is 864. The summed E-state index contributed by atoms with van der Waals surface area (Å²) in [6.07, 6.45) is -1.35. The maximum Gasteiger partial charge on any atom is 0.490 e. The van der Waals surface area contributed by atoms with Gasteiger partial charge in [0.25, 0.3) is 5.56 Å². The molecule has 11 heteroatoms. The zero-order valence-corrected chi connectivity index (χ0v) is 14.4. The maximum atomic E-state index is 12.4. The van der Waals surface area contributed by atoms with Gasteiger partial charge in [-0.05, 0) is 25.5 Å². The molecule has 1 atom stereocenters. The molecule has 0 radical (unpaired) electrons. The Morgan fingerprint density at radius 2 is 2.12 bits per heavy atom. The summed E-state index contributed by atoms with van der Waals surface area (Å²) in [4.78, 5) is 29.9. The van der Waals surface area contributed by atoms with Crippen LogP contribution in [0.5, 0.6) is 0 Å². The predicted molar refractivity (Wildman–Crippen MR) is 88.3 cm³/mol. The number of nitrogens with one attached hydrogen (secondary N) is 1. The van der Waals surface area contributed by atoms with E-state index in [9.17, 15) is 18.0 Å². The van der Waals surface area contributed by atoms with Gasteiger partial charge in [0.2, 0.25) is 0 Å². The van der Waals surface area contributed by atoms with Gasteiger partial charge in [0.15, 0.2) is 0 Å². The number of piperidine rings is 1. The molecule has 2 N–H and O–H groups in total. The highest BCUT2D eigenvalue weighted by atomic mass is 35.5. The summed E-state index contributed by atoms with van der Waals surface area (Å²) in [6, 6.07) is 1.58. The third-order valence-corrected chi connectivity index (χ3v) is 4.07. The molecular weight excluding hydrogens is 377 g/mol. The van der Waals surface area contributed by atoms with Crippen molar-refractivity contribution < 1.29 is 23.1 Å². The van der Waals surface area contributed by atoms with E-state index in [0.717, 1.165) is 31.8 Å². The van der Waals surface area contributed by atoms with E-state index in [0.29, 0.717) is 16.1 Å². The Kier molecular flexibility index (Phi) is 6.19. The molecule has 2 aromatic heterocycles. The van der Waals surface area contributed by atoms with Crippen molar-refractivity contribution >= 4 is 28.5 Å². The zero-order valence-electron chi connectivity index (χ0n) is 13.7. The highest BCUT2D eigenvalue weighted by Gasteiger charge is 2.38. The molecule has 0 aromatic carbocycles. The number of hydrogen-bond donors (Lipinski definition) is 2. The molecule has 0 bridgehead atoms. The predicted octanol–water partition coefficient (Wildman–Crippen LogP) is 2.08. The van der Waals surface area contributed by atoms with Gasteiger partial charge >= 0.3 is 12.1 Å². The van der Waals surface area contributed by atoms with Gasteiger partial charge in [0.1, 0.15) is 11.0 Å². The smallest absolute Gasteiger partial charge is 0.475 e. The summed E-state index contributed by atoms with van der Waals surface area (Å²) < 4.78 is 33.4. The molecule has 0 amide bonds. The highest BCUT2D eigenvalue weighted by molar-refractivity contribution is 6.30. The molecule has 0 aliphatic carbocycles. The number of alkyl halides is 3. The van der Waals surface area contributed by atoms with Gasteiger partial charge in [-0.3, -0.25) is 9.36 Å². The standard InChI is InChI=1S/C13H15ClN4O.C2HF3O2/c1-18-12(8-3-2-4-15-6-8)17-10-7-16-11(14)5-9(10)13(18)19;3-2(4,5)1(6)7/h5,7-8,15H,2-4,6H2,1H3;(H,6,7)/t8-;/m1./s1. The lowest BCUT2D eigenvalue weighted by atomic mass is 9.98. The molecule has 2 aromatic rings. The summed E-state index contributed by atoms with van der Waals surface area (Å²) in [5.74, 6) is -1.65. The van der Waals surface area contributed by atoms with Crippen LogP contribution in [0.2, 0.25) is 5.15 Å². The highest BCUT2D eigenvalue weighted by Crippen LogP contribution is 2.22. The number of pyridine rings is 1. The van der Waals surface area contributed by atoms with Crippen molar-refractivity contribution in [2.75, 3.05) is 13.1 Å². The first kappa shape index (κ1) is 20.1. The summed E-state index contributed by atoms with van der Waals surface area (Å²) in [6.45, 7) is 1.90. The Hall–Kier alpha value is -2.20. The van der Waals surface area contributed by atoms with Crippen molar-refractivity contribution in [2.45, 2.75) is 24.9 Å². The largest absolute Gasteiger partial charge is 0.490 e. The second-order valence-corrected chi connectivity index (χ2v) is 6.09. The number of aromatic nitrogens is 3. The molecule has 0 saturated carbocycles. The van der Waals surface area contributed by atoms with Crippen LogP contribution in [0.3, 0.4) is 0 Å². The van der Waals surface area contributed by atoms with Gasteiger partial charge in [0.05, 0.1) is 17.1 Å². The summed E-state index contributed by atoms with van der Waals surface area (Å²) >= 11 is 5.83. The van der Waals surface area contributed by atoms with Crippen LogP contribution >= 0.6 is 11.6 Å². The number of hydrogen-bond acceptors (Lipinski definition) is 5. The number of rotatable bonds is 1. The SMILES string of the molecule is Cn1c([C@@H]2CCCNC2)nc2cnc(Cl)cc2c1=O.O=C(O)C(F)(F)F. The minimum Gasteiger partial charge on any atom is -0.475 e. The van der Waals surface area contributed by atoms with E-state index in [-0.39, 0.29) is 11.5 Å². The maximum absolute atomic E-state index is 12.4. The van der Waals surface area contributed by atoms with E-state index in [1.165, 1.54) is 0 Å². The number of carboxylic acid groups (broad SMARTS) is 1. The molecule has 26 heavy (non-hydrogen) atoms. The van der Waals surface area contributed by atoms with E-state index in [2.05, 4.69) is 15.3 Å². The van der Waals surface area contributed by atoms with Crippen LogP contribution < -0.4 is 10.9 Å². The third kappa shape index (κ3) is 4.70. The number of carbonyl (C=O) groups is 1. The van der Waals surface area contributed by atoms with Crippen LogP contribution in [0.1, 0.15) is 24.6 Å². The first-order valence-corrected chi connectivity index (χ1v) is 8.02. The molecule has 3 rings (SSSR count). The van der Waals surface area contributed by atoms with Crippen molar-refractivity contribution in [3.8, 4) is 0 Å². The van der Waals surface area contributed by atoms with Gasteiger partial charge in [-0.25, -0.2) is 14.8 Å². The third-order valence-electron chi connectivity index (χ3n) is 3.87. The monoisotopic (exact) mass is 392 g/mol. The zero-order chi connectivity index (χ0) is 19.5. The lowest BCUT2D eigenvalue weighted by Crippen LogP contribution is -2.33. The van der Waals surface area contributed by atoms with E-state index < -0.39 is 12.1 Å². The first-order chi connectivity index (χ1) is 12.1. The van der Waals surface area contributed by atoms with Crippen molar-refractivity contribution in [1.82, 2.24) is 19.9 Å². The first-order valence-electron chi connectivity index (χ1n) is 7.64. The molecular formula is C15H16ClF3N4O3. The van der Waals surface area contributed by atoms with E-state index >= 15 is 0 Å². The lowest BCUT2D eigenvalue weighted by Gasteiger charge is -2.24. The van der Waals surface area contributed by atoms with Crippen molar-refractivity contribution in [3.05, 3.63) is 33.6 Å². The number of fused-ring (bicyclic) bond motifs is 1. The molecule has 1 aliphatic rings. The lowest BCUT2D eigenvalue weighted by molar-refractivity contribution is -0.192. The number of nitrogens with zero attached hydrogens (tertiary/aromatic N) is 3. The van der Waals surface area contributed by atoms with Gasteiger partial charge < -0.3 is 10.4 Å². The molecule has 0 spiro atoms.